The van der Waals surface area contributed by atoms with Gasteiger partial charge in [-0.3, -0.25) is 0 Å². The average Bonchev–Trinajstić information content (AvgIpc) is 2.47. The monoisotopic (exact) mass is 311 g/mol. The van der Waals surface area contributed by atoms with Crippen molar-refractivity contribution in [3.05, 3.63) is 34.6 Å². The number of hydrogen-bond donors (Lipinski definition) is 1. The lowest BCUT2D eigenvalue weighted by Crippen LogP contribution is -2.46. The van der Waals surface area contributed by atoms with Crippen molar-refractivity contribution in [2.75, 3.05) is 6.54 Å². The van der Waals surface area contributed by atoms with E-state index in [1.165, 1.54) is 32.1 Å². The zero-order valence-corrected chi connectivity index (χ0v) is 14.0. The molecule has 1 unspecified atom stereocenters. The maximum Gasteiger partial charge on any atom is 0.142 e. The maximum absolute atomic E-state index is 13.7. The van der Waals surface area contributed by atoms with Gasteiger partial charge in [0.1, 0.15) is 5.82 Å². The van der Waals surface area contributed by atoms with E-state index in [9.17, 15) is 4.39 Å². The molecule has 0 bridgehead atoms. The lowest BCUT2D eigenvalue weighted by molar-refractivity contribution is 0.143. The molecule has 21 heavy (non-hydrogen) atoms. The van der Waals surface area contributed by atoms with E-state index in [2.05, 4.69) is 19.2 Å². The summed E-state index contributed by atoms with van der Waals surface area (Å²) in [6, 6.07) is 5.64. The first kappa shape index (κ1) is 16.8. The summed E-state index contributed by atoms with van der Waals surface area (Å²) in [7, 11) is 0. The summed E-state index contributed by atoms with van der Waals surface area (Å²) in [6.45, 7) is 5.61. The zero-order valence-electron chi connectivity index (χ0n) is 13.2. The minimum absolute atomic E-state index is 0.209. The molecule has 2 rings (SSSR count). The Morgan fingerprint density at radius 2 is 2.00 bits per heavy atom. The van der Waals surface area contributed by atoms with E-state index < -0.39 is 0 Å². The molecule has 0 radical (unpaired) electrons. The Balaban J connectivity index is 2.13. The average molecular weight is 312 g/mol. The van der Waals surface area contributed by atoms with Crippen molar-refractivity contribution in [1.29, 1.82) is 0 Å². The summed E-state index contributed by atoms with van der Waals surface area (Å²) in [5, 5.41) is 3.92. The van der Waals surface area contributed by atoms with E-state index >= 15 is 0 Å². The Labute approximate surface area is 133 Å². The minimum Gasteiger partial charge on any atom is -0.313 e. The molecule has 0 spiro atoms. The van der Waals surface area contributed by atoms with Crippen molar-refractivity contribution in [3.8, 4) is 0 Å². The molecule has 118 valence electrons. The van der Waals surface area contributed by atoms with E-state index in [1.807, 2.05) is 6.07 Å². The SMILES string of the molecule is CCCNC(Cc1ccc(Cl)c(F)c1)C1(C)CCCCC1. The normalized spacial score (nSPS) is 19.4. The molecule has 1 aliphatic carbocycles. The number of rotatable bonds is 6. The quantitative estimate of drug-likeness (QED) is 0.745. The molecule has 0 saturated heterocycles. The third-order valence-electron chi connectivity index (χ3n) is 4.90. The van der Waals surface area contributed by atoms with E-state index in [4.69, 9.17) is 11.6 Å². The molecule has 0 amide bonds. The minimum atomic E-state index is -0.308. The van der Waals surface area contributed by atoms with Gasteiger partial charge >= 0.3 is 0 Å². The lowest BCUT2D eigenvalue weighted by atomic mass is 9.69. The molecule has 1 atom stereocenters. The maximum atomic E-state index is 13.7. The number of halogens is 2. The summed E-state index contributed by atoms with van der Waals surface area (Å²) in [5.74, 6) is -0.308. The number of nitrogens with one attached hydrogen (secondary N) is 1. The first-order valence-corrected chi connectivity index (χ1v) is 8.60. The third-order valence-corrected chi connectivity index (χ3v) is 5.21. The first-order valence-electron chi connectivity index (χ1n) is 8.22. The van der Waals surface area contributed by atoms with Crippen LogP contribution in [0.2, 0.25) is 5.02 Å². The lowest BCUT2D eigenvalue weighted by Gasteiger charge is -2.41. The van der Waals surface area contributed by atoms with E-state index in [0.29, 0.717) is 11.5 Å². The Morgan fingerprint density at radius 3 is 2.62 bits per heavy atom. The van der Waals surface area contributed by atoms with Gasteiger partial charge in [-0.1, -0.05) is 50.8 Å². The second-order valence-corrected chi connectivity index (χ2v) is 7.08. The van der Waals surface area contributed by atoms with Crippen LogP contribution < -0.4 is 5.32 Å². The van der Waals surface area contributed by atoms with Crippen LogP contribution in [0.4, 0.5) is 4.39 Å². The molecule has 1 fully saturated rings. The molecule has 1 nitrogen and oxygen atoms in total. The Kier molecular flexibility index (Phi) is 6.07. The Bertz CT molecular complexity index is 455. The van der Waals surface area contributed by atoms with Crippen LogP contribution in [0.1, 0.15) is 57.9 Å². The van der Waals surface area contributed by atoms with Crippen molar-refractivity contribution in [2.24, 2.45) is 5.41 Å². The van der Waals surface area contributed by atoms with Gasteiger partial charge in [0.2, 0.25) is 0 Å². The van der Waals surface area contributed by atoms with Gasteiger partial charge in [-0.05, 0) is 55.3 Å². The van der Waals surface area contributed by atoms with Gasteiger partial charge in [0.25, 0.3) is 0 Å². The van der Waals surface area contributed by atoms with E-state index in [-0.39, 0.29) is 10.8 Å². The third kappa shape index (κ3) is 4.43. The fourth-order valence-electron chi connectivity index (χ4n) is 3.49. The topological polar surface area (TPSA) is 12.0 Å². The highest BCUT2D eigenvalue weighted by Gasteiger charge is 2.35. The fraction of sp³-hybridized carbons (Fsp3) is 0.667. The smallest absolute Gasteiger partial charge is 0.142 e. The van der Waals surface area contributed by atoms with E-state index in [1.54, 1.807) is 12.1 Å². The van der Waals surface area contributed by atoms with Gasteiger partial charge in [0.15, 0.2) is 0 Å². The standard InChI is InChI=1S/C18H27ClFN/c1-3-11-21-17(18(2)9-5-4-6-10-18)13-14-7-8-15(19)16(20)12-14/h7-8,12,17,21H,3-6,9-11,13H2,1-2H3. The summed E-state index contributed by atoms with van der Waals surface area (Å²) in [5.41, 5.74) is 1.36. The van der Waals surface area contributed by atoms with Gasteiger partial charge in [-0.25, -0.2) is 4.39 Å². The van der Waals surface area contributed by atoms with Crippen LogP contribution >= 0.6 is 11.6 Å². The second kappa shape index (κ2) is 7.60. The molecule has 1 saturated carbocycles. The molecular formula is C18H27ClFN. The summed E-state index contributed by atoms with van der Waals surface area (Å²) < 4.78 is 13.7. The van der Waals surface area contributed by atoms with Crippen LogP contribution in [0, 0.1) is 11.2 Å². The molecule has 1 aliphatic rings. The molecule has 0 heterocycles. The van der Waals surface area contributed by atoms with Crippen LogP contribution in [0.25, 0.3) is 0 Å². The van der Waals surface area contributed by atoms with Gasteiger partial charge in [0.05, 0.1) is 5.02 Å². The highest BCUT2D eigenvalue weighted by Crippen LogP contribution is 2.40. The van der Waals surface area contributed by atoms with Gasteiger partial charge in [-0.15, -0.1) is 0 Å². The van der Waals surface area contributed by atoms with Crippen molar-refractivity contribution < 1.29 is 4.39 Å². The van der Waals surface area contributed by atoms with Gasteiger partial charge in [-0.2, -0.15) is 0 Å². The highest BCUT2D eigenvalue weighted by molar-refractivity contribution is 6.30. The van der Waals surface area contributed by atoms with E-state index in [0.717, 1.165) is 24.9 Å². The van der Waals surface area contributed by atoms with Crippen molar-refractivity contribution in [3.63, 3.8) is 0 Å². The van der Waals surface area contributed by atoms with Crippen LogP contribution in [0.3, 0.4) is 0 Å². The number of benzene rings is 1. The predicted octanol–water partition coefficient (Wildman–Crippen LogP) is 5.36. The highest BCUT2D eigenvalue weighted by atomic mass is 35.5. The largest absolute Gasteiger partial charge is 0.313 e. The summed E-state index contributed by atoms with van der Waals surface area (Å²) in [6.07, 6.45) is 8.53. The Morgan fingerprint density at radius 1 is 1.29 bits per heavy atom. The fourth-order valence-corrected chi connectivity index (χ4v) is 3.61. The second-order valence-electron chi connectivity index (χ2n) is 6.67. The molecule has 1 aromatic rings. The molecular weight excluding hydrogens is 285 g/mol. The van der Waals surface area contributed by atoms with Crippen molar-refractivity contribution in [2.45, 2.75) is 64.8 Å². The van der Waals surface area contributed by atoms with Crippen LogP contribution in [-0.2, 0) is 6.42 Å². The van der Waals surface area contributed by atoms with Crippen LogP contribution in [0.15, 0.2) is 18.2 Å². The van der Waals surface area contributed by atoms with Crippen molar-refractivity contribution >= 4 is 11.6 Å². The van der Waals surface area contributed by atoms with Crippen molar-refractivity contribution in [1.82, 2.24) is 5.32 Å². The zero-order chi connectivity index (χ0) is 15.3. The molecule has 3 heteroatoms. The molecule has 0 aliphatic heterocycles. The molecule has 1 aromatic carbocycles. The summed E-state index contributed by atoms with van der Waals surface area (Å²) in [4.78, 5) is 0. The Hall–Kier alpha value is -0.600. The summed E-state index contributed by atoms with van der Waals surface area (Å²) >= 11 is 5.79. The first-order chi connectivity index (χ1) is 10.0. The van der Waals surface area contributed by atoms with Crippen LogP contribution in [-0.4, -0.2) is 12.6 Å². The molecule has 1 N–H and O–H groups in total. The van der Waals surface area contributed by atoms with Gasteiger partial charge in [0, 0.05) is 6.04 Å². The van der Waals surface area contributed by atoms with Crippen LogP contribution in [0.5, 0.6) is 0 Å². The van der Waals surface area contributed by atoms with Gasteiger partial charge < -0.3 is 5.32 Å². The predicted molar refractivity (Wildman–Crippen MR) is 88.4 cm³/mol. The molecule has 0 aromatic heterocycles. The number of hydrogen-bond acceptors (Lipinski definition) is 1.